The summed E-state index contributed by atoms with van der Waals surface area (Å²) < 4.78 is 21.7. The van der Waals surface area contributed by atoms with Crippen molar-refractivity contribution in [2.75, 3.05) is 6.61 Å². The lowest BCUT2D eigenvalue weighted by atomic mass is 9.93. The molecule has 5 atom stereocenters. The normalized spacial score (nSPS) is 25.9. The Labute approximate surface area is 194 Å². The summed E-state index contributed by atoms with van der Waals surface area (Å²) in [6.07, 6.45) is -5.40. The topological polar surface area (TPSA) is 155 Å². The molecule has 3 rings (SSSR count). The summed E-state index contributed by atoms with van der Waals surface area (Å²) in [5.74, 6) is -4.24. The third kappa shape index (κ3) is 5.06. The van der Waals surface area contributed by atoms with Crippen molar-refractivity contribution in [2.24, 2.45) is 0 Å². The maximum Gasteiger partial charge on any atom is 0.303 e. The Bertz CT molecular complexity index is 1000. The van der Waals surface area contributed by atoms with Gasteiger partial charge in [-0.2, -0.15) is 0 Å². The van der Waals surface area contributed by atoms with E-state index < -0.39 is 72.8 Å². The van der Waals surface area contributed by atoms with Crippen LogP contribution in [0.4, 0.5) is 0 Å². The lowest BCUT2D eigenvalue weighted by Crippen LogP contribution is -2.70. The number of ether oxygens (including phenoxy) is 4. The molecule has 1 saturated heterocycles. The van der Waals surface area contributed by atoms with Gasteiger partial charge in [-0.05, 0) is 12.1 Å². The second-order valence-electron chi connectivity index (χ2n) is 7.76. The van der Waals surface area contributed by atoms with E-state index in [0.717, 1.165) is 25.7 Å². The minimum Gasteiger partial charge on any atom is -0.463 e. The van der Waals surface area contributed by atoms with Crippen LogP contribution in [0.15, 0.2) is 24.3 Å². The van der Waals surface area contributed by atoms with Crippen molar-refractivity contribution in [3.63, 3.8) is 0 Å². The van der Waals surface area contributed by atoms with E-state index in [-0.39, 0.29) is 11.1 Å². The Kier molecular flexibility index (Phi) is 7.30. The molecular weight excluding hydrogens is 452 g/mol. The van der Waals surface area contributed by atoms with Gasteiger partial charge in [0, 0.05) is 27.7 Å². The van der Waals surface area contributed by atoms with Gasteiger partial charge in [-0.1, -0.05) is 12.1 Å². The molecule has 182 valence electrons. The number of hydrogen-bond donors (Lipinski definition) is 1. The molecule has 3 amide bonds. The molecule has 2 aliphatic heterocycles. The number of rotatable bonds is 6. The van der Waals surface area contributed by atoms with Crippen LogP contribution in [-0.2, 0) is 38.1 Å². The fourth-order valence-electron chi connectivity index (χ4n) is 4.00. The summed E-state index contributed by atoms with van der Waals surface area (Å²) >= 11 is 0. The molecule has 0 radical (unpaired) electrons. The summed E-state index contributed by atoms with van der Waals surface area (Å²) in [7, 11) is 0. The number of nitrogens with zero attached hydrogens (tertiary/aromatic N) is 1. The molecule has 0 saturated carbocycles. The predicted octanol–water partition coefficient (Wildman–Crippen LogP) is -0.0613. The van der Waals surface area contributed by atoms with Crippen LogP contribution in [0, 0.1) is 0 Å². The number of amides is 3. The summed E-state index contributed by atoms with van der Waals surface area (Å²) in [6.45, 7) is 4.11. The zero-order chi connectivity index (χ0) is 25.2. The maximum atomic E-state index is 13.2. The van der Waals surface area contributed by atoms with E-state index in [1.54, 1.807) is 12.1 Å². The van der Waals surface area contributed by atoms with Gasteiger partial charge in [0.1, 0.15) is 18.8 Å². The first-order valence-corrected chi connectivity index (χ1v) is 10.4. The van der Waals surface area contributed by atoms with Gasteiger partial charge < -0.3 is 24.3 Å². The van der Waals surface area contributed by atoms with Crippen LogP contribution >= 0.6 is 0 Å². The van der Waals surface area contributed by atoms with E-state index in [2.05, 4.69) is 5.32 Å². The predicted molar refractivity (Wildman–Crippen MR) is 111 cm³/mol. The van der Waals surface area contributed by atoms with E-state index in [0.29, 0.717) is 0 Å². The number of benzene rings is 1. The molecule has 12 heteroatoms. The smallest absolute Gasteiger partial charge is 0.303 e. The van der Waals surface area contributed by atoms with E-state index in [9.17, 15) is 28.8 Å². The molecule has 0 bridgehead atoms. The SMILES string of the molecule is CC(=O)N[C@@H]1O[C@H](COC(C)=O)[C@@H](OC(C)=O)[C@H](OC(C)=O)[C@H]1N1C(=O)c2ccccc2C1=O. The second-order valence-corrected chi connectivity index (χ2v) is 7.76. The highest BCUT2D eigenvalue weighted by atomic mass is 16.6. The fourth-order valence-corrected chi connectivity index (χ4v) is 4.00. The van der Waals surface area contributed by atoms with Gasteiger partial charge in [0.05, 0.1) is 11.1 Å². The maximum absolute atomic E-state index is 13.2. The zero-order valence-corrected chi connectivity index (χ0v) is 18.9. The zero-order valence-electron chi connectivity index (χ0n) is 18.9. The van der Waals surface area contributed by atoms with Crippen molar-refractivity contribution in [1.82, 2.24) is 10.2 Å². The Hall–Kier alpha value is -3.80. The van der Waals surface area contributed by atoms with Crippen LogP contribution in [0.25, 0.3) is 0 Å². The largest absolute Gasteiger partial charge is 0.463 e. The van der Waals surface area contributed by atoms with Crippen molar-refractivity contribution in [3.05, 3.63) is 35.4 Å². The molecule has 1 fully saturated rings. The van der Waals surface area contributed by atoms with Gasteiger partial charge in [-0.3, -0.25) is 33.7 Å². The van der Waals surface area contributed by atoms with Crippen molar-refractivity contribution >= 4 is 35.6 Å². The fraction of sp³-hybridized carbons (Fsp3) is 0.455. The van der Waals surface area contributed by atoms with Gasteiger partial charge in [0.25, 0.3) is 11.8 Å². The Balaban J connectivity index is 2.11. The van der Waals surface area contributed by atoms with Crippen LogP contribution < -0.4 is 5.32 Å². The molecule has 2 aliphatic rings. The third-order valence-electron chi connectivity index (χ3n) is 5.18. The molecule has 34 heavy (non-hydrogen) atoms. The second kappa shape index (κ2) is 10.00. The minimum atomic E-state index is -1.45. The average molecular weight is 476 g/mol. The van der Waals surface area contributed by atoms with Gasteiger partial charge >= 0.3 is 17.9 Å². The number of hydrogen-bond acceptors (Lipinski definition) is 10. The molecule has 1 aromatic rings. The van der Waals surface area contributed by atoms with Crippen LogP contribution in [-0.4, -0.2) is 77.7 Å². The molecule has 0 aliphatic carbocycles. The molecule has 1 aromatic carbocycles. The molecule has 2 heterocycles. The lowest BCUT2D eigenvalue weighted by molar-refractivity contribution is -0.234. The highest BCUT2D eigenvalue weighted by molar-refractivity contribution is 6.21. The number of nitrogens with one attached hydrogen (secondary N) is 1. The molecule has 0 unspecified atom stereocenters. The first-order valence-electron chi connectivity index (χ1n) is 10.4. The highest BCUT2D eigenvalue weighted by Gasteiger charge is 2.57. The van der Waals surface area contributed by atoms with Crippen LogP contribution in [0.5, 0.6) is 0 Å². The Morgan fingerprint density at radius 1 is 0.882 bits per heavy atom. The van der Waals surface area contributed by atoms with E-state index in [4.69, 9.17) is 18.9 Å². The molecular formula is C22H24N2O10. The molecule has 0 spiro atoms. The Morgan fingerprint density at radius 2 is 1.41 bits per heavy atom. The van der Waals surface area contributed by atoms with Crippen molar-refractivity contribution in [1.29, 1.82) is 0 Å². The number of carbonyl (C=O) groups excluding carboxylic acids is 6. The van der Waals surface area contributed by atoms with Crippen LogP contribution in [0.1, 0.15) is 48.4 Å². The standard InChI is InChI=1S/C22H24N2O10/c1-10(25)23-20-17(24-21(29)14-7-5-6-8-15(14)22(24)30)19(33-13(4)28)18(32-12(3)27)16(34-20)9-31-11(2)26/h5-8,16-20H,9H2,1-4H3,(H,23,25)/t16-,17-,18-,19-,20-/m1/s1. The third-order valence-corrected chi connectivity index (χ3v) is 5.18. The van der Waals surface area contributed by atoms with Gasteiger partial charge in [0.15, 0.2) is 18.4 Å². The highest BCUT2D eigenvalue weighted by Crippen LogP contribution is 2.34. The number of imide groups is 1. The van der Waals surface area contributed by atoms with Crippen molar-refractivity contribution < 1.29 is 47.7 Å². The minimum absolute atomic E-state index is 0.113. The number of fused-ring (bicyclic) bond motifs is 1. The first kappa shape index (κ1) is 24.8. The number of esters is 3. The molecule has 12 nitrogen and oxygen atoms in total. The monoisotopic (exact) mass is 476 g/mol. The molecule has 0 aromatic heterocycles. The van der Waals surface area contributed by atoms with Crippen LogP contribution in [0.2, 0.25) is 0 Å². The summed E-state index contributed by atoms with van der Waals surface area (Å²) in [5.41, 5.74) is 0.225. The van der Waals surface area contributed by atoms with Gasteiger partial charge in [-0.15, -0.1) is 0 Å². The first-order chi connectivity index (χ1) is 16.0. The summed E-state index contributed by atoms with van der Waals surface area (Å²) in [6, 6.07) is 4.67. The van der Waals surface area contributed by atoms with Gasteiger partial charge in [-0.25, -0.2) is 0 Å². The van der Waals surface area contributed by atoms with Crippen molar-refractivity contribution in [3.8, 4) is 0 Å². The van der Waals surface area contributed by atoms with E-state index in [1.807, 2.05) is 0 Å². The van der Waals surface area contributed by atoms with Crippen LogP contribution in [0.3, 0.4) is 0 Å². The quantitative estimate of drug-likeness (QED) is 0.335. The van der Waals surface area contributed by atoms with E-state index >= 15 is 0 Å². The lowest BCUT2D eigenvalue weighted by Gasteiger charge is -2.47. The summed E-state index contributed by atoms with van der Waals surface area (Å²) in [5, 5.41) is 2.49. The summed E-state index contributed by atoms with van der Waals surface area (Å²) in [4.78, 5) is 74.5. The molecule has 1 N–H and O–H groups in total. The Morgan fingerprint density at radius 3 is 1.88 bits per heavy atom. The van der Waals surface area contributed by atoms with E-state index in [1.165, 1.54) is 19.1 Å². The van der Waals surface area contributed by atoms with Crippen molar-refractivity contribution in [2.45, 2.75) is 58.3 Å². The number of carbonyl (C=O) groups is 6. The van der Waals surface area contributed by atoms with Gasteiger partial charge in [0.2, 0.25) is 5.91 Å². The average Bonchev–Trinajstić information content (AvgIpc) is 2.98.